The third-order valence-corrected chi connectivity index (χ3v) is 6.01. The average Bonchev–Trinajstić information content (AvgIpc) is 3.72. The molecule has 9 heteroatoms. The Labute approximate surface area is 200 Å². The summed E-state index contributed by atoms with van der Waals surface area (Å²) in [6.07, 6.45) is 3.57. The first kappa shape index (κ1) is 22.5. The number of H-pyrrole nitrogens is 1. The predicted molar refractivity (Wildman–Crippen MR) is 130 cm³/mol. The second-order valence-electron chi connectivity index (χ2n) is 8.53. The summed E-state index contributed by atoms with van der Waals surface area (Å²) in [5, 5.41) is 3.00. The number of amides is 1. The molecule has 0 saturated heterocycles. The molecule has 1 aliphatic rings. The Kier molecular flexibility index (Phi) is 6.13. The Morgan fingerprint density at radius 3 is 2.69 bits per heavy atom. The number of pyridine rings is 2. The monoisotopic (exact) mass is 471 g/mol. The molecule has 3 heterocycles. The molecule has 4 aromatic rings. The minimum Gasteiger partial charge on any atom is -0.473 e. The Morgan fingerprint density at radius 2 is 1.94 bits per heavy atom. The molecular formula is C26H25N5O4. The van der Waals surface area contributed by atoms with E-state index in [1.54, 1.807) is 31.3 Å². The lowest BCUT2D eigenvalue weighted by Gasteiger charge is -2.13. The van der Waals surface area contributed by atoms with Crippen molar-refractivity contribution in [3.05, 3.63) is 98.0 Å². The van der Waals surface area contributed by atoms with Gasteiger partial charge in [-0.1, -0.05) is 30.3 Å². The van der Waals surface area contributed by atoms with E-state index in [2.05, 4.69) is 20.3 Å². The molecule has 1 aliphatic carbocycles. The van der Waals surface area contributed by atoms with Crippen LogP contribution in [0.2, 0.25) is 0 Å². The van der Waals surface area contributed by atoms with Crippen LogP contribution in [-0.2, 0) is 19.7 Å². The molecule has 0 radical (unpaired) electrons. The quantitative estimate of drug-likeness (QED) is 0.408. The van der Waals surface area contributed by atoms with E-state index in [9.17, 15) is 14.4 Å². The van der Waals surface area contributed by atoms with Crippen LogP contribution in [0.25, 0.3) is 11.0 Å². The minimum absolute atomic E-state index is 0.120. The molecule has 9 nitrogen and oxygen atoms in total. The number of hydrogen-bond donors (Lipinski definition) is 2. The molecule has 0 bridgehead atoms. The van der Waals surface area contributed by atoms with Crippen LogP contribution in [0, 0.1) is 0 Å². The van der Waals surface area contributed by atoms with Crippen molar-refractivity contribution in [3.8, 4) is 5.88 Å². The highest BCUT2D eigenvalue weighted by molar-refractivity contribution is 6.05. The summed E-state index contributed by atoms with van der Waals surface area (Å²) in [5.74, 6) is 0.291. The molecule has 1 amide bonds. The second kappa shape index (κ2) is 9.54. The van der Waals surface area contributed by atoms with Gasteiger partial charge in [-0.15, -0.1) is 0 Å². The van der Waals surface area contributed by atoms with Crippen LogP contribution >= 0.6 is 0 Å². The van der Waals surface area contributed by atoms with E-state index in [1.165, 1.54) is 4.57 Å². The number of aromatic nitrogens is 4. The number of nitrogens with one attached hydrogen (secondary N) is 2. The van der Waals surface area contributed by atoms with Gasteiger partial charge in [0.2, 0.25) is 5.88 Å². The Hall–Kier alpha value is -4.27. The SMILES string of the molecule is CCn1c(=O)[nH]c(=O)c2c(C(=O)NCc3ccnc(OCc4ccccc4)c3)cc(C3CC3)nc21. The van der Waals surface area contributed by atoms with Gasteiger partial charge in [-0.25, -0.2) is 14.8 Å². The van der Waals surface area contributed by atoms with Gasteiger partial charge in [0.25, 0.3) is 11.5 Å². The van der Waals surface area contributed by atoms with Crippen molar-refractivity contribution in [1.29, 1.82) is 0 Å². The van der Waals surface area contributed by atoms with Crippen molar-refractivity contribution in [3.63, 3.8) is 0 Å². The number of aromatic amines is 1. The first-order chi connectivity index (χ1) is 17.0. The van der Waals surface area contributed by atoms with E-state index in [0.29, 0.717) is 19.0 Å². The largest absolute Gasteiger partial charge is 0.473 e. The number of hydrogen-bond acceptors (Lipinski definition) is 6. The zero-order valence-electron chi connectivity index (χ0n) is 19.3. The standard InChI is InChI=1S/C26H25N5O4/c1-2-31-23-22(25(33)30-26(31)34)19(13-20(29-23)18-8-9-18)24(32)28-14-17-10-11-27-21(12-17)35-15-16-6-4-3-5-7-16/h3-7,10-13,18H,2,8-9,14-15H2,1H3,(H,28,32)(H,30,33,34). The lowest BCUT2D eigenvalue weighted by atomic mass is 10.1. The molecule has 1 aromatic carbocycles. The summed E-state index contributed by atoms with van der Waals surface area (Å²) in [6, 6.07) is 15.0. The van der Waals surface area contributed by atoms with Gasteiger partial charge in [-0.2, -0.15) is 0 Å². The van der Waals surface area contributed by atoms with Crippen molar-refractivity contribution in [1.82, 2.24) is 24.8 Å². The van der Waals surface area contributed by atoms with E-state index >= 15 is 0 Å². The summed E-state index contributed by atoms with van der Waals surface area (Å²) >= 11 is 0. The van der Waals surface area contributed by atoms with Gasteiger partial charge in [0.15, 0.2) is 5.65 Å². The number of benzene rings is 1. The van der Waals surface area contributed by atoms with Crippen molar-refractivity contribution < 1.29 is 9.53 Å². The number of nitrogens with zero attached hydrogens (tertiary/aromatic N) is 3. The molecule has 0 spiro atoms. The van der Waals surface area contributed by atoms with Crippen molar-refractivity contribution in [2.45, 2.75) is 45.4 Å². The molecular weight excluding hydrogens is 446 g/mol. The number of carbonyl (C=O) groups is 1. The molecule has 2 N–H and O–H groups in total. The van der Waals surface area contributed by atoms with E-state index in [0.717, 1.165) is 29.7 Å². The molecule has 0 unspecified atom stereocenters. The molecule has 178 valence electrons. The van der Waals surface area contributed by atoms with Crippen LogP contribution in [0.15, 0.2) is 64.3 Å². The number of aryl methyl sites for hydroxylation is 1. The van der Waals surface area contributed by atoms with E-state index in [4.69, 9.17) is 4.74 Å². The van der Waals surface area contributed by atoms with Crippen LogP contribution in [0.4, 0.5) is 0 Å². The number of carbonyl (C=O) groups excluding carboxylic acids is 1. The van der Waals surface area contributed by atoms with Crippen molar-refractivity contribution in [2.24, 2.45) is 0 Å². The van der Waals surface area contributed by atoms with Gasteiger partial charge in [0, 0.05) is 37.0 Å². The number of rotatable bonds is 8. The van der Waals surface area contributed by atoms with Crippen LogP contribution < -0.4 is 21.3 Å². The highest BCUT2D eigenvalue weighted by atomic mass is 16.5. The smallest absolute Gasteiger partial charge is 0.329 e. The minimum atomic E-state index is -0.616. The third-order valence-electron chi connectivity index (χ3n) is 6.01. The molecule has 1 fully saturated rings. The highest BCUT2D eigenvalue weighted by Gasteiger charge is 2.28. The predicted octanol–water partition coefficient (Wildman–Crippen LogP) is 2.89. The van der Waals surface area contributed by atoms with Gasteiger partial charge >= 0.3 is 5.69 Å². The number of fused-ring (bicyclic) bond motifs is 1. The third kappa shape index (κ3) is 4.84. The molecule has 1 saturated carbocycles. The lowest BCUT2D eigenvalue weighted by molar-refractivity contribution is 0.0952. The normalized spacial score (nSPS) is 13.1. The first-order valence-corrected chi connectivity index (χ1v) is 11.6. The van der Waals surface area contributed by atoms with Gasteiger partial charge in [-0.3, -0.25) is 19.1 Å². The molecule has 35 heavy (non-hydrogen) atoms. The second-order valence-corrected chi connectivity index (χ2v) is 8.53. The summed E-state index contributed by atoms with van der Waals surface area (Å²) in [4.78, 5) is 49.3. The topological polar surface area (TPSA) is 119 Å². The maximum atomic E-state index is 13.2. The summed E-state index contributed by atoms with van der Waals surface area (Å²) in [5.41, 5.74) is 1.88. The maximum Gasteiger partial charge on any atom is 0.329 e. The van der Waals surface area contributed by atoms with Crippen molar-refractivity contribution in [2.75, 3.05) is 0 Å². The van der Waals surface area contributed by atoms with E-state index in [1.807, 2.05) is 30.3 Å². The van der Waals surface area contributed by atoms with Gasteiger partial charge in [-0.05, 0) is 43.0 Å². The first-order valence-electron chi connectivity index (χ1n) is 11.6. The van der Waals surface area contributed by atoms with Gasteiger partial charge < -0.3 is 10.1 Å². The fourth-order valence-electron chi connectivity index (χ4n) is 4.00. The highest BCUT2D eigenvalue weighted by Crippen LogP contribution is 2.39. The fraction of sp³-hybridized carbons (Fsp3) is 0.269. The van der Waals surface area contributed by atoms with Crippen LogP contribution in [0.3, 0.4) is 0 Å². The lowest BCUT2D eigenvalue weighted by Crippen LogP contribution is -2.33. The Morgan fingerprint density at radius 1 is 1.14 bits per heavy atom. The van der Waals surface area contributed by atoms with Crippen LogP contribution in [0.5, 0.6) is 5.88 Å². The molecule has 0 aliphatic heterocycles. The average molecular weight is 472 g/mol. The Balaban J connectivity index is 1.38. The zero-order chi connectivity index (χ0) is 24.4. The van der Waals surface area contributed by atoms with Crippen molar-refractivity contribution >= 4 is 16.9 Å². The Bertz CT molecular complexity index is 1510. The van der Waals surface area contributed by atoms with Crippen LogP contribution in [0.1, 0.15) is 52.9 Å². The van der Waals surface area contributed by atoms with Crippen LogP contribution in [-0.4, -0.2) is 25.4 Å². The number of ether oxygens (including phenoxy) is 1. The van der Waals surface area contributed by atoms with E-state index in [-0.39, 0.29) is 29.1 Å². The summed E-state index contributed by atoms with van der Waals surface area (Å²) in [6.45, 7) is 2.73. The molecule has 5 rings (SSSR count). The zero-order valence-corrected chi connectivity index (χ0v) is 19.3. The molecule has 3 aromatic heterocycles. The summed E-state index contributed by atoms with van der Waals surface area (Å²) in [7, 11) is 0. The van der Waals surface area contributed by atoms with E-state index < -0.39 is 17.2 Å². The fourth-order valence-corrected chi connectivity index (χ4v) is 4.00. The molecule has 0 atom stereocenters. The van der Waals surface area contributed by atoms with Gasteiger partial charge in [0.05, 0.1) is 10.9 Å². The summed E-state index contributed by atoms with van der Waals surface area (Å²) < 4.78 is 7.16. The maximum absolute atomic E-state index is 13.2. The van der Waals surface area contributed by atoms with Gasteiger partial charge in [0.1, 0.15) is 6.61 Å².